The van der Waals surface area contributed by atoms with Crippen molar-refractivity contribution in [1.29, 1.82) is 0 Å². The molecule has 2 atom stereocenters. The minimum atomic E-state index is -1.08. The van der Waals surface area contributed by atoms with E-state index in [4.69, 9.17) is 0 Å². The first-order valence-electron chi connectivity index (χ1n) is 11.5. The number of nitrogens with zero attached hydrogens (tertiary/aromatic N) is 2. The van der Waals surface area contributed by atoms with Crippen molar-refractivity contribution in [3.8, 4) is 11.1 Å². The highest BCUT2D eigenvalue weighted by atomic mass is 32.1. The third-order valence-corrected chi connectivity index (χ3v) is 7.80. The number of aryl methyl sites for hydroxylation is 1. The molecule has 1 aromatic heterocycles. The number of hydrogen-bond donors (Lipinski definition) is 2. The molecule has 2 N–H and O–H groups in total. The molecular formula is C27H25FN3O3S+. The lowest BCUT2D eigenvalue weighted by atomic mass is 9.98. The summed E-state index contributed by atoms with van der Waals surface area (Å²) in [6, 6.07) is 17.6. The number of halogens is 1. The van der Waals surface area contributed by atoms with E-state index < -0.39 is 10.6 Å². The number of aromatic nitrogens is 1. The molecule has 35 heavy (non-hydrogen) atoms. The van der Waals surface area contributed by atoms with Gasteiger partial charge in [0.15, 0.2) is 5.13 Å². The normalized spacial score (nSPS) is 19.7. The van der Waals surface area contributed by atoms with Crippen LogP contribution in [0, 0.1) is 12.7 Å². The molecule has 1 aliphatic heterocycles. The molecule has 6 nitrogen and oxygen atoms in total. The number of rotatable bonds is 4. The number of hydrogen-bond acceptors (Lipinski definition) is 5. The van der Waals surface area contributed by atoms with E-state index in [2.05, 4.69) is 10.3 Å². The van der Waals surface area contributed by atoms with Crippen LogP contribution in [-0.4, -0.2) is 39.2 Å². The van der Waals surface area contributed by atoms with Crippen molar-refractivity contribution in [2.45, 2.75) is 32.7 Å². The van der Waals surface area contributed by atoms with Gasteiger partial charge in [-0.05, 0) is 66.9 Å². The van der Waals surface area contributed by atoms with E-state index in [-0.39, 0.29) is 17.8 Å². The summed E-state index contributed by atoms with van der Waals surface area (Å²) in [7, 11) is 0. The van der Waals surface area contributed by atoms with Gasteiger partial charge in [0, 0.05) is 18.5 Å². The standard InChI is InChI=1S/C27H24FN3O3S/c1-16-14-19(7-11-22(16)25(32)31(27(33)34)13-3-4-17(31)2)18-5-9-21(10-6-18)29-26-30-23-12-8-20(28)15-24(23)35-26/h5-12,14-15,17H,3-4,13H2,1-2H3,(H-,29,30,32,33,34)/p+1/t17-,31?/m1/s1. The zero-order valence-corrected chi connectivity index (χ0v) is 20.2. The third kappa shape index (κ3) is 4.09. The molecule has 0 bridgehead atoms. The van der Waals surface area contributed by atoms with Gasteiger partial charge >= 0.3 is 12.0 Å². The van der Waals surface area contributed by atoms with Crippen LogP contribution >= 0.6 is 11.3 Å². The van der Waals surface area contributed by atoms with Crippen molar-refractivity contribution >= 4 is 44.4 Å². The van der Waals surface area contributed by atoms with Gasteiger partial charge < -0.3 is 10.4 Å². The highest BCUT2D eigenvalue weighted by Gasteiger charge is 2.53. The number of nitrogens with one attached hydrogen (secondary N) is 1. The molecule has 3 aromatic carbocycles. The molecule has 1 saturated heterocycles. The van der Waals surface area contributed by atoms with E-state index in [1.165, 1.54) is 23.5 Å². The zero-order chi connectivity index (χ0) is 24.7. The summed E-state index contributed by atoms with van der Waals surface area (Å²) < 4.78 is 13.7. The number of amides is 2. The van der Waals surface area contributed by atoms with E-state index >= 15 is 0 Å². The molecule has 0 radical (unpaired) electrons. The molecule has 1 unspecified atom stereocenters. The van der Waals surface area contributed by atoms with Gasteiger partial charge in [0.25, 0.3) is 0 Å². The molecule has 1 aliphatic rings. The maximum Gasteiger partial charge on any atom is 0.521 e. The Balaban J connectivity index is 1.36. The summed E-state index contributed by atoms with van der Waals surface area (Å²) in [6.45, 7) is 4.02. The predicted octanol–water partition coefficient (Wildman–Crippen LogP) is 6.97. The van der Waals surface area contributed by atoms with Crippen LogP contribution in [0.1, 0.15) is 35.7 Å². The molecule has 4 aromatic rings. The molecule has 178 valence electrons. The number of anilines is 2. The number of carboxylic acid groups (broad SMARTS) is 1. The van der Waals surface area contributed by atoms with Crippen LogP contribution in [0.15, 0.2) is 60.7 Å². The van der Waals surface area contributed by atoms with Gasteiger partial charge in [-0.15, -0.1) is 0 Å². The van der Waals surface area contributed by atoms with E-state index in [1.54, 1.807) is 12.1 Å². The molecule has 0 spiro atoms. The fraction of sp³-hybridized carbons (Fsp3) is 0.222. The SMILES string of the molecule is Cc1cc(-c2ccc(Nc3nc4ccc(F)cc4s3)cc2)ccc1C(=O)[N+]1(C(=O)O)CCC[C@H]1C. The molecule has 0 saturated carbocycles. The van der Waals surface area contributed by atoms with Gasteiger partial charge in [0.1, 0.15) is 11.9 Å². The minimum Gasteiger partial charge on any atom is -0.435 e. The Labute approximate surface area is 206 Å². The average Bonchev–Trinajstić information content (AvgIpc) is 3.42. The molecular weight excluding hydrogens is 465 g/mol. The lowest BCUT2D eigenvalue weighted by Crippen LogP contribution is -2.58. The van der Waals surface area contributed by atoms with Gasteiger partial charge in [0.2, 0.25) is 0 Å². The van der Waals surface area contributed by atoms with E-state index in [1.807, 2.05) is 50.2 Å². The van der Waals surface area contributed by atoms with Crippen molar-refractivity contribution in [3.05, 3.63) is 77.6 Å². The quantitative estimate of drug-likeness (QED) is 0.302. The maximum atomic E-state index is 13.4. The van der Waals surface area contributed by atoms with Crippen LogP contribution in [0.5, 0.6) is 0 Å². The second-order valence-electron chi connectivity index (χ2n) is 9.03. The van der Waals surface area contributed by atoms with Gasteiger partial charge in [-0.2, -0.15) is 9.28 Å². The summed E-state index contributed by atoms with van der Waals surface area (Å²) in [4.78, 5) is 29.9. The van der Waals surface area contributed by atoms with Crippen molar-refractivity contribution in [2.75, 3.05) is 11.9 Å². The molecule has 1 fully saturated rings. The monoisotopic (exact) mass is 490 g/mol. The smallest absolute Gasteiger partial charge is 0.435 e. The van der Waals surface area contributed by atoms with Crippen molar-refractivity contribution in [2.24, 2.45) is 0 Å². The first kappa shape index (κ1) is 23.1. The van der Waals surface area contributed by atoms with Crippen LogP contribution in [0.3, 0.4) is 0 Å². The number of likely N-dealkylation sites (tertiary alicyclic amines) is 1. The fourth-order valence-corrected chi connectivity index (χ4v) is 5.78. The van der Waals surface area contributed by atoms with Crippen LogP contribution in [0.2, 0.25) is 0 Å². The summed E-state index contributed by atoms with van der Waals surface area (Å²) in [5, 5.41) is 13.8. The van der Waals surface area contributed by atoms with E-state index in [9.17, 15) is 19.1 Å². The van der Waals surface area contributed by atoms with Crippen LogP contribution in [0.4, 0.5) is 20.0 Å². The van der Waals surface area contributed by atoms with E-state index in [0.29, 0.717) is 17.2 Å². The van der Waals surface area contributed by atoms with Crippen LogP contribution in [0.25, 0.3) is 21.3 Å². The van der Waals surface area contributed by atoms with Crippen molar-refractivity contribution < 1.29 is 23.6 Å². The lowest BCUT2D eigenvalue weighted by Gasteiger charge is -2.30. The third-order valence-electron chi connectivity index (χ3n) is 6.87. The van der Waals surface area contributed by atoms with Crippen molar-refractivity contribution in [1.82, 2.24) is 4.98 Å². The minimum absolute atomic E-state index is 0.242. The molecule has 2 amide bonds. The Morgan fingerprint density at radius 2 is 1.83 bits per heavy atom. The number of quaternary nitrogens is 1. The maximum absolute atomic E-state index is 13.4. The number of fused-ring (bicyclic) bond motifs is 1. The van der Waals surface area contributed by atoms with E-state index in [0.717, 1.165) is 45.4 Å². The average molecular weight is 491 g/mol. The molecule has 2 heterocycles. The second kappa shape index (κ2) is 8.87. The van der Waals surface area contributed by atoms with Gasteiger partial charge in [-0.3, -0.25) is 0 Å². The highest BCUT2D eigenvalue weighted by molar-refractivity contribution is 7.22. The Morgan fingerprint density at radius 3 is 2.49 bits per heavy atom. The van der Waals surface area contributed by atoms with Gasteiger partial charge in [0.05, 0.1) is 22.3 Å². The number of carbonyl (C=O) groups is 2. The molecule has 8 heteroatoms. The Hall–Kier alpha value is -3.62. The summed E-state index contributed by atoms with van der Waals surface area (Å²) >= 11 is 1.39. The van der Waals surface area contributed by atoms with Crippen molar-refractivity contribution in [3.63, 3.8) is 0 Å². The zero-order valence-electron chi connectivity index (χ0n) is 19.4. The Morgan fingerprint density at radius 1 is 1.09 bits per heavy atom. The summed E-state index contributed by atoms with van der Waals surface area (Å²) in [6.07, 6.45) is 0.374. The largest absolute Gasteiger partial charge is 0.521 e. The van der Waals surface area contributed by atoms with Gasteiger partial charge in [-0.25, -0.2) is 14.2 Å². The Bertz CT molecular complexity index is 1450. The first-order valence-corrected chi connectivity index (χ1v) is 12.3. The number of imide groups is 1. The fourth-order valence-electron chi connectivity index (χ4n) is 4.87. The summed E-state index contributed by atoms with van der Waals surface area (Å²) in [5.41, 5.74) is 4.73. The van der Waals surface area contributed by atoms with Gasteiger partial charge in [-0.1, -0.05) is 35.6 Å². The lowest BCUT2D eigenvalue weighted by molar-refractivity contribution is -0.785. The Kier molecular flexibility index (Phi) is 5.86. The van der Waals surface area contributed by atoms with Crippen LogP contribution < -0.4 is 5.32 Å². The topological polar surface area (TPSA) is 79.3 Å². The number of thiazole rings is 1. The number of benzene rings is 3. The first-order chi connectivity index (χ1) is 16.8. The second-order valence-corrected chi connectivity index (χ2v) is 10.1. The number of carbonyl (C=O) groups excluding carboxylic acids is 1. The van der Waals surface area contributed by atoms with Crippen LogP contribution in [-0.2, 0) is 0 Å². The molecule has 5 rings (SSSR count). The summed E-state index contributed by atoms with van der Waals surface area (Å²) in [5.74, 6) is -0.628. The highest BCUT2D eigenvalue weighted by Crippen LogP contribution is 2.33. The molecule has 0 aliphatic carbocycles. The predicted molar refractivity (Wildman–Crippen MR) is 136 cm³/mol.